The van der Waals surface area contributed by atoms with Crippen molar-refractivity contribution >= 4 is 50.3 Å². The van der Waals surface area contributed by atoms with Crippen LogP contribution in [0.5, 0.6) is 11.5 Å². The molecule has 0 unspecified atom stereocenters. The number of amides is 2. The largest absolute Gasteiger partial charge is 0.496 e. The summed E-state index contributed by atoms with van der Waals surface area (Å²) >= 11 is 9.62. The number of hydrogen-bond donors (Lipinski definition) is 1. The van der Waals surface area contributed by atoms with Gasteiger partial charge in [0.25, 0.3) is 11.8 Å². The van der Waals surface area contributed by atoms with Gasteiger partial charge in [-0.15, -0.1) is 0 Å². The Labute approximate surface area is 272 Å². The molecule has 45 heavy (non-hydrogen) atoms. The molecule has 1 N–H and O–H groups in total. The predicted molar refractivity (Wildman–Crippen MR) is 174 cm³/mol. The Bertz CT molecular complexity index is 1980. The van der Waals surface area contributed by atoms with Gasteiger partial charge >= 0.3 is 5.69 Å². The second-order valence-electron chi connectivity index (χ2n) is 10.9. The Morgan fingerprint density at radius 1 is 1.07 bits per heavy atom. The molecule has 0 spiro atoms. The number of methoxy groups -OCH3 is 1. The van der Waals surface area contributed by atoms with Gasteiger partial charge in [-0.2, -0.15) is 0 Å². The van der Waals surface area contributed by atoms with E-state index in [0.29, 0.717) is 43.5 Å². The zero-order valence-corrected chi connectivity index (χ0v) is 27.1. The standard InChI is InChI=1S/C33H30BrClN4O6/c1-19(2)45-24-7-5-23(6-8-24)39-30(31(40)36-17-22-14-20-10-13-44-29(20)16-28(22)43-3)27-18-37(11-12-38(27)33(39)42)32(41)21-4-9-25(34)26(35)15-21/h4-10,13-16,19H,11-12,17-18H2,1-3H3,(H,36,40). The molecule has 6 rings (SSSR count). The fraction of sp³-hybridized carbons (Fsp3) is 0.242. The molecule has 0 saturated carbocycles. The predicted octanol–water partition coefficient (Wildman–Crippen LogP) is 6.18. The van der Waals surface area contributed by atoms with E-state index in [1.54, 1.807) is 71.4 Å². The maximum atomic E-state index is 14.1. The molecule has 0 atom stereocenters. The molecule has 3 aromatic carbocycles. The maximum absolute atomic E-state index is 14.1. The van der Waals surface area contributed by atoms with E-state index in [0.717, 1.165) is 10.9 Å². The second kappa shape index (κ2) is 12.5. The fourth-order valence-corrected chi connectivity index (χ4v) is 5.92. The lowest BCUT2D eigenvalue weighted by Crippen LogP contribution is -2.41. The number of nitrogens with zero attached hydrogens (tertiary/aromatic N) is 3. The van der Waals surface area contributed by atoms with E-state index >= 15 is 0 Å². The van der Waals surface area contributed by atoms with E-state index in [4.69, 9.17) is 25.5 Å². The molecule has 2 amide bonds. The molecule has 0 radical (unpaired) electrons. The van der Waals surface area contributed by atoms with E-state index in [1.165, 1.54) is 4.57 Å². The van der Waals surface area contributed by atoms with Crippen LogP contribution in [0.4, 0.5) is 0 Å². The first-order chi connectivity index (χ1) is 21.6. The molecule has 0 fully saturated rings. The lowest BCUT2D eigenvalue weighted by Gasteiger charge is -2.28. The van der Waals surface area contributed by atoms with Gasteiger partial charge in [0.2, 0.25) is 0 Å². The lowest BCUT2D eigenvalue weighted by atomic mass is 10.1. The molecule has 10 nitrogen and oxygen atoms in total. The number of carbonyl (C=O) groups is 2. The van der Waals surface area contributed by atoms with Gasteiger partial charge < -0.3 is 24.1 Å². The van der Waals surface area contributed by atoms with Crippen molar-refractivity contribution in [1.82, 2.24) is 19.4 Å². The molecule has 232 valence electrons. The van der Waals surface area contributed by atoms with Crippen molar-refractivity contribution in [1.29, 1.82) is 0 Å². The van der Waals surface area contributed by atoms with Crippen molar-refractivity contribution in [2.24, 2.45) is 0 Å². The highest BCUT2D eigenvalue weighted by Gasteiger charge is 2.32. The summed E-state index contributed by atoms with van der Waals surface area (Å²) in [5, 5.41) is 4.25. The highest BCUT2D eigenvalue weighted by Crippen LogP contribution is 2.28. The summed E-state index contributed by atoms with van der Waals surface area (Å²) in [4.78, 5) is 43.1. The monoisotopic (exact) mass is 692 g/mol. The first-order valence-electron chi connectivity index (χ1n) is 14.3. The zero-order chi connectivity index (χ0) is 31.8. The van der Waals surface area contributed by atoms with Gasteiger partial charge in [-0.05, 0) is 84.4 Å². The third-order valence-electron chi connectivity index (χ3n) is 7.61. The van der Waals surface area contributed by atoms with Crippen LogP contribution in [0.2, 0.25) is 5.02 Å². The van der Waals surface area contributed by atoms with Crippen LogP contribution < -0.4 is 20.5 Å². The van der Waals surface area contributed by atoms with E-state index in [2.05, 4.69) is 21.2 Å². The Kier molecular flexibility index (Phi) is 8.48. The molecular weight excluding hydrogens is 664 g/mol. The number of fused-ring (bicyclic) bond motifs is 2. The SMILES string of the molecule is COc1cc2occc2cc1CNC(=O)c1c2n(c(=O)n1-c1ccc(OC(C)C)cc1)CCN(C(=O)c1ccc(Br)c(Cl)c1)C2. The van der Waals surface area contributed by atoms with E-state index in [9.17, 15) is 14.4 Å². The molecule has 12 heteroatoms. The number of ether oxygens (including phenoxy) is 2. The van der Waals surface area contributed by atoms with Crippen LogP contribution in [0.1, 0.15) is 46.0 Å². The van der Waals surface area contributed by atoms with Crippen molar-refractivity contribution in [2.45, 2.75) is 39.6 Å². The van der Waals surface area contributed by atoms with Crippen LogP contribution in [0.15, 0.2) is 80.6 Å². The van der Waals surface area contributed by atoms with Crippen LogP contribution in [0.25, 0.3) is 16.7 Å². The Hall–Kier alpha value is -4.48. The average Bonchev–Trinajstić information content (AvgIpc) is 3.61. The van der Waals surface area contributed by atoms with Crippen LogP contribution in [0.3, 0.4) is 0 Å². The van der Waals surface area contributed by atoms with E-state index in [-0.39, 0.29) is 49.6 Å². The minimum Gasteiger partial charge on any atom is -0.496 e. The quantitative estimate of drug-likeness (QED) is 0.208. The van der Waals surface area contributed by atoms with E-state index < -0.39 is 5.91 Å². The number of nitrogens with one attached hydrogen (secondary N) is 1. The molecule has 5 aromatic rings. The van der Waals surface area contributed by atoms with Crippen molar-refractivity contribution < 1.29 is 23.5 Å². The van der Waals surface area contributed by atoms with Crippen LogP contribution in [0, 0.1) is 0 Å². The van der Waals surface area contributed by atoms with Gasteiger partial charge in [-0.1, -0.05) is 11.6 Å². The number of rotatable bonds is 8. The normalized spacial score (nSPS) is 12.8. The maximum Gasteiger partial charge on any atom is 0.333 e. The summed E-state index contributed by atoms with van der Waals surface area (Å²) in [5.74, 6) is 0.470. The van der Waals surface area contributed by atoms with Gasteiger partial charge in [0.1, 0.15) is 22.8 Å². The number of aromatic nitrogens is 2. The molecule has 0 saturated heterocycles. The van der Waals surface area contributed by atoms with Crippen molar-refractivity contribution in [2.75, 3.05) is 13.7 Å². The number of halogens is 2. The van der Waals surface area contributed by atoms with Gasteiger partial charge in [0.05, 0.1) is 42.4 Å². The van der Waals surface area contributed by atoms with Gasteiger partial charge in [-0.3, -0.25) is 18.7 Å². The zero-order valence-electron chi connectivity index (χ0n) is 24.8. The minimum absolute atomic E-state index is 0.0240. The topological polar surface area (TPSA) is 108 Å². The average molecular weight is 694 g/mol. The van der Waals surface area contributed by atoms with Crippen molar-refractivity contribution in [3.05, 3.63) is 109 Å². The molecular formula is C33H30BrClN4O6. The number of carbonyl (C=O) groups excluding carboxylic acids is 2. The number of imidazole rings is 1. The van der Waals surface area contributed by atoms with E-state index in [1.807, 2.05) is 26.0 Å². The Balaban J connectivity index is 1.38. The summed E-state index contributed by atoms with van der Waals surface area (Å²) < 4.78 is 20.4. The highest BCUT2D eigenvalue weighted by molar-refractivity contribution is 9.10. The number of benzene rings is 3. The van der Waals surface area contributed by atoms with Gasteiger partial charge in [-0.25, -0.2) is 4.79 Å². The molecule has 0 aliphatic carbocycles. The molecule has 2 aromatic heterocycles. The third-order valence-corrected chi connectivity index (χ3v) is 8.84. The molecule has 1 aliphatic heterocycles. The fourth-order valence-electron chi connectivity index (χ4n) is 5.49. The van der Waals surface area contributed by atoms with Crippen LogP contribution in [-0.4, -0.2) is 45.6 Å². The first kappa shape index (κ1) is 30.5. The summed E-state index contributed by atoms with van der Waals surface area (Å²) in [7, 11) is 1.55. The number of hydrogen-bond acceptors (Lipinski definition) is 6. The Morgan fingerprint density at radius 2 is 1.84 bits per heavy atom. The lowest BCUT2D eigenvalue weighted by molar-refractivity contribution is 0.0706. The molecule has 1 aliphatic rings. The van der Waals surface area contributed by atoms with Crippen molar-refractivity contribution in [3.63, 3.8) is 0 Å². The summed E-state index contributed by atoms with van der Waals surface area (Å²) in [6.45, 7) is 4.54. The summed E-state index contributed by atoms with van der Waals surface area (Å²) in [6, 6.07) is 17.5. The minimum atomic E-state index is -0.473. The summed E-state index contributed by atoms with van der Waals surface area (Å²) in [5.41, 5.74) is 2.51. The second-order valence-corrected chi connectivity index (χ2v) is 12.1. The smallest absolute Gasteiger partial charge is 0.333 e. The highest BCUT2D eigenvalue weighted by atomic mass is 79.9. The molecule has 0 bridgehead atoms. The molecule has 3 heterocycles. The first-order valence-corrected chi connectivity index (χ1v) is 15.5. The van der Waals surface area contributed by atoms with Crippen molar-refractivity contribution in [3.8, 4) is 17.2 Å². The van der Waals surface area contributed by atoms with Crippen LogP contribution >= 0.6 is 27.5 Å². The number of furan rings is 1. The van der Waals surface area contributed by atoms with Gasteiger partial charge in [0.15, 0.2) is 0 Å². The third kappa shape index (κ3) is 5.97. The Morgan fingerprint density at radius 3 is 2.56 bits per heavy atom. The van der Waals surface area contributed by atoms with Crippen LogP contribution in [-0.2, 0) is 19.6 Å². The van der Waals surface area contributed by atoms with Gasteiger partial charge in [0, 0.05) is 46.7 Å². The summed E-state index contributed by atoms with van der Waals surface area (Å²) in [6.07, 6.45) is 1.56.